The van der Waals surface area contributed by atoms with Crippen LogP contribution in [0.4, 0.5) is 4.39 Å². The number of pyridine rings is 1. The summed E-state index contributed by atoms with van der Waals surface area (Å²) in [6, 6.07) is 10.3. The summed E-state index contributed by atoms with van der Waals surface area (Å²) in [6.07, 6.45) is 1.74. The lowest BCUT2D eigenvalue weighted by atomic mass is 10.0. The molecule has 0 bridgehead atoms. The molecule has 0 fully saturated rings. The Balaban J connectivity index is 2.15. The molecule has 0 spiro atoms. The normalized spacial score (nSPS) is 11.2. The van der Waals surface area contributed by atoms with E-state index in [1.165, 1.54) is 6.07 Å². The van der Waals surface area contributed by atoms with Crippen LogP contribution in [0.2, 0.25) is 0 Å². The van der Waals surface area contributed by atoms with Crippen LogP contribution in [0.5, 0.6) is 11.5 Å². The first-order valence-corrected chi connectivity index (χ1v) is 7.76. The molecule has 0 aliphatic rings. The van der Waals surface area contributed by atoms with E-state index in [1.807, 2.05) is 19.2 Å². The smallest absolute Gasteiger partial charge is 0.162 e. The molecule has 2 aromatic carbocycles. The Kier molecular flexibility index (Phi) is 3.53. The standard InChI is InChI=1S/C19H16FN3O2/c1-23-15-10-21-14-9-17(25-3)16(24-2)8-12(14)18(15)19(22-23)11-6-4-5-7-13(11)20/h4-10H,1-3H3. The molecule has 0 aliphatic heterocycles. The van der Waals surface area contributed by atoms with Gasteiger partial charge < -0.3 is 9.47 Å². The third-order valence-electron chi connectivity index (χ3n) is 4.32. The maximum atomic E-state index is 14.4. The van der Waals surface area contributed by atoms with E-state index in [0.29, 0.717) is 22.8 Å². The summed E-state index contributed by atoms with van der Waals surface area (Å²) >= 11 is 0. The van der Waals surface area contributed by atoms with Gasteiger partial charge in [-0.1, -0.05) is 12.1 Å². The Hall–Kier alpha value is -3.15. The van der Waals surface area contributed by atoms with Crippen LogP contribution in [0.15, 0.2) is 42.6 Å². The molecule has 0 unspecified atom stereocenters. The van der Waals surface area contributed by atoms with Gasteiger partial charge in [-0.15, -0.1) is 0 Å². The van der Waals surface area contributed by atoms with Gasteiger partial charge in [0, 0.05) is 29.4 Å². The Morgan fingerprint density at radius 2 is 1.76 bits per heavy atom. The average Bonchev–Trinajstić information content (AvgIpc) is 2.97. The summed E-state index contributed by atoms with van der Waals surface area (Å²) in [6.45, 7) is 0. The van der Waals surface area contributed by atoms with Crippen LogP contribution in [0.1, 0.15) is 0 Å². The molecule has 6 heteroatoms. The maximum absolute atomic E-state index is 14.4. The molecule has 0 aliphatic carbocycles. The van der Waals surface area contributed by atoms with E-state index in [2.05, 4.69) is 10.1 Å². The van der Waals surface area contributed by atoms with Crippen molar-refractivity contribution >= 4 is 21.8 Å². The first kappa shape index (κ1) is 15.4. The van der Waals surface area contributed by atoms with Crippen LogP contribution in [-0.4, -0.2) is 29.0 Å². The van der Waals surface area contributed by atoms with Crippen LogP contribution in [-0.2, 0) is 7.05 Å². The van der Waals surface area contributed by atoms with Crippen molar-refractivity contribution < 1.29 is 13.9 Å². The fraction of sp³-hybridized carbons (Fsp3) is 0.158. The van der Waals surface area contributed by atoms with Crippen molar-refractivity contribution in [1.82, 2.24) is 14.8 Å². The Morgan fingerprint density at radius 3 is 2.48 bits per heavy atom. The van der Waals surface area contributed by atoms with Gasteiger partial charge >= 0.3 is 0 Å². The highest BCUT2D eigenvalue weighted by Crippen LogP contribution is 2.38. The Bertz CT molecular complexity index is 1100. The molecule has 4 rings (SSSR count). The number of fused-ring (bicyclic) bond motifs is 3. The molecule has 4 aromatic rings. The highest BCUT2D eigenvalue weighted by Gasteiger charge is 2.18. The highest BCUT2D eigenvalue weighted by molar-refractivity contribution is 6.11. The lowest BCUT2D eigenvalue weighted by Crippen LogP contribution is -1.93. The molecule has 0 amide bonds. The molecular weight excluding hydrogens is 321 g/mol. The SMILES string of the molecule is COc1cc2ncc3c(c(-c4ccccc4F)nn3C)c2cc1OC. The van der Waals surface area contributed by atoms with Crippen LogP contribution in [0, 0.1) is 5.82 Å². The molecule has 5 nitrogen and oxygen atoms in total. The molecule has 2 aromatic heterocycles. The average molecular weight is 337 g/mol. The van der Waals surface area contributed by atoms with E-state index >= 15 is 0 Å². The molecule has 0 saturated carbocycles. The zero-order chi connectivity index (χ0) is 17.6. The second-order valence-electron chi connectivity index (χ2n) is 5.69. The number of aromatic nitrogens is 3. The van der Waals surface area contributed by atoms with Crippen molar-refractivity contribution in [3.63, 3.8) is 0 Å². The van der Waals surface area contributed by atoms with Gasteiger partial charge in [-0.05, 0) is 18.2 Å². The number of rotatable bonds is 3. The van der Waals surface area contributed by atoms with Gasteiger partial charge in [-0.25, -0.2) is 4.39 Å². The van der Waals surface area contributed by atoms with Crippen LogP contribution >= 0.6 is 0 Å². The Morgan fingerprint density at radius 1 is 1.04 bits per heavy atom. The predicted molar refractivity (Wildman–Crippen MR) is 94.5 cm³/mol. The summed E-state index contributed by atoms with van der Waals surface area (Å²) in [5.41, 5.74) is 2.58. The minimum absolute atomic E-state index is 0.312. The summed E-state index contributed by atoms with van der Waals surface area (Å²) in [5.74, 6) is 0.874. The van der Waals surface area contributed by atoms with Crippen molar-refractivity contribution in [3.05, 3.63) is 48.4 Å². The van der Waals surface area contributed by atoms with Crippen molar-refractivity contribution in [3.8, 4) is 22.8 Å². The fourth-order valence-electron chi connectivity index (χ4n) is 3.10. The number of aryl methyl sites for hydroxylation is 1. The van der Waals surface area contributed by atoms with Gasteiger partial charge in [0.15, 0.2) is 11.5 Å². The van der Waals surface area contributed by atoms with Crippen molar-refractivity contribution in [1.29, 1.82) is 0 Å². The van der Waals surface area contributed by atoms with Gasteiger partial charge in [-0.3, -0.25) is 9.67 Å². The number of ether oxygens (including phenoxy) is 2. The molecule has 25 heavy (non-hydrogen) atoms. The zero-order valence-electron chi connectivity index (χ0n) is 14.1. The summed E-state index contributed by atoms with van der Waals surface area (Å²) < 4.78 is 26.8. The lowest BCUT2D eigenvalue weighted by Gasteiger charge is -2.10. The van der Waals surface area contributed by atoms with Gasteiger partial charge in [-0.2, -0.15) is 5.10 Å². The van der Waals surface area contributed by atoms with Crippen LogP contribution in [0.3, 0.4) is 0 Å². The number of methoxy groups -OCH3 is 2. The summed E-state index contributed by atoms with van der Waals surface area (Å²) in [4.78, 5) is 4.49. The van der Waals surface area contributed by atoms with Crippen molar-refractivity contribution in [2.45, 2.75) is 0 Å². The lowest BCUT2D eigenvalue weighted by molar-refractivity contribution is 0.356. The molecule has 126 valence electrons. The van der Waals surface area contributed by atoms with Gasteiger partial charge in [0.05, 0.1) is 31.4 Å². The van der Waals surface area contributed by atoms with E-state index in [0.717, 1.165) is 21.8 Å². The highest BCUT2D eigenvalue weighted by atomic mass is 19.1. The number of halogens is 1. The first-order valence-electron chi connectivity index (χ1n) is 7.76. The van der Waals surface area contributed by atoms with E-state index in [9.17, 15) is 4.39 Å². The van der Waals surface area contributed by atoms with Crippen molar-refractivity contribution in [2.75, 3.05) is 14.2 Å². The topological polar surface area (TPSA) is 49.2 Å². The molecule has 0 N–H and O–H groups in total. The molecule has 2 heterocycles. The minimum Gasteiger partial charge on any atom is -0.493 e. The third kappa shape index (κ3) is 2.29. The van der Waals surface area contributed by atoms with E-state index in [1.54, 1.807) is 43.3 Å². The van der Waals surface area contributed by atoms with E-state index < -0.39 is 0 Å². The minimum atomic E-state index is -0.312. The molecule has 0 saturated heterocycles. The fourth-order valence-corrected chi connectivity index (χ4v) is 3.10. The molecule has 0 atom stereocenters. The Labute approximate surface area is 143 Å². The number of hydrogen-bond acceptors (Lipinski definition) is 4. The largest absolute Gasteiger partial charge is 0.493 e. The van der Waals surface area contributed by atoms with Crippen molar-refractivity contribution in [2.24, 2.45) is 7.05 Å². The maximum Gasteiger partial charge on any atom is 0.162 e. The first-order chi connectivity index (χ1) is 12.1. The monoisotopic (exact) mass is 337 g/mol. The summed E-state index contributed by atoms with van der Waals surface area (Å²) in [7, 11) is 4.98. The number of hydrogen-bond donors (Lipinski definition) is 0. The predicted octanol–water partition coefficient (Wildman–Crippen LogP) is 3.94. The number of nitrogens with zero attached hydrogens (tertiary/aromatic N) is 3. The van der Waals surface area contributed by atoms with E-state index in [-0.39, 0.29) is 5.82 Å². The molecular formula is C19H16FN3O2. The second kappa shape index (κ2) is 5.73. The second-order valence-corrected chi connectivity index (χ2v) is 5.69. The number of benzene rings is 2. The van der Waals surface area contributed by atoms with Crippen LogP contribution < -0.4 is 9.47 Å². The van der Waals surface area contributed by atoms with Gasteiger partial charge in [0.2, 0.25) is 0 Å². The third-order valence-corrected chi connectivity index (χ3v) is 4.32. The van der Waals surface area contributed by atoms with E-state index in [4.69, 9.17) is 9.47 Å². The van der Waals surface area contributed by atoms with Gasteiger partial charge in [0.25, 0.3) is 0 Å². The molecule has 0 radical (unpaired) electrons. The zero-order valence-corrected chi connectivity index (χ0v) is 14.1. The quantitative estimate of drug-likeness (QED) is 0.568. The summed E-state index contributed by atoms with van der Waals surface area (Å²) in [5, 5.41) is 6.20. The van der Waals surface area contributed by atoms with Gasteiger partial charge in [0.1, 0.15) is 11.5 Å². The van der Waals surface area contributed by atoms with Crippen LogP contribution in [0.25, 0.3) is 33.1 Å².